The van der Waals surface area contributed by atoms with E-state index in [1.807, 2.05) is 30.3 Å². The first-order valence-corrected chi connectivity index (χ1v) is 7.32. The van der Waals surface area contributed by atoms with Gasteiger partial charge < -0.3 is 9.73 Å². The lowest BCUT2D eigenvalue weighted by Crippen LogP contribution is -2.23. The van der Waals surface area contributed by atoms with Crippen molar-refractivity contribution in [3.63, 3.8) is 0 Å². The highest BCUT2D eigenvalue weighted by Gasteiger charge is 2.14. The van der Waals surface area contributed by atoms with Crippen LogP contribution in [0.5, 0.6) is 0 Å². The molecule has 0 atom stereocenters. The molecule has 3 rings (SSSR count). The maximum atomic E-state index is 12.0. The third kappa shape index (κ3) is 4.14. The molecule has 1 N–H and O–H groups in total. The molecule has 0 aliphatic heterocycles. The smallest absolute Gasteiger partial charge is 0.309 e. The molecule has 0 saturated heterocycles. The van der Waals surface area contributed by atoms with Gasteiger partial charge in [-0.3, -0.25) is 9.78 Å². The monoisotopic (exact) mass is 328 g/mol. The summed E-state index contributed by atoms with van der Waals surface area (Å²) in [6.45, 7) is 0.368. The molecular formula is C16H13ClN4O2. The number of amides is 1. The van der Waals surface area contributed by atoms with Crippen molar-refractivity contribution in [2.24, 2.45) is 0 Å². The molecule has 1 aromatic carbocycles. The van der Waals surface area contributed by atoms with Gasteiger partial charge in [-0.1, -0.05) is 23.7 Å². The van der Waals surface area contributed by atoms with Crippen LogP contribution in [0.3, 0.4) is 0 Å². The Morgan fingerprint density at radius 2 is 1.96 bits per heavy atom. The molecule has 23 heavy (non-hydrogen) atoms. The molecule has 0 aliphatic carbocycles. The van der Waals surface area contributed by atoms with Gasteiger partial charge in [-0.15, -0.1) is 10.2 Å². The fourth-order valence-corrected chi connectivity index (χ4v) is 2.21. The molecule has 0 saturated carbocycles. The Morgan fingerprint density at radius 1 is 1.13 bits per heavy atom. The minimum absolute atomic E-state index is 0.0592. The average molecular weight is 329 g/mol. The number of halogens is 1. The topological polar surface area (TPSA) is 80.9 Å². The number of hydrogen-bond acceptors (Lipinski definition) is 5. The van der Waals surface area contributed by atoms with Crippen molar-refractivity contribution < 1.29 is 9.21 Å². The minimum Gasteiger partial charge on any atom is -0.417 e. The van der Waals surface area contributed by atoms with E-state index in [1.54, 1.807) is 18.5 Å². The molecule has 0 spiro atoms. The van der Waals surface area contributed by atoms with Crippen molar-refractivity contribution in [3.8, 4) is 0 Å². The van der Waals surface area contributed by atoms with Gasteiger partial charge in [-0.25, -0.2) is 0 Å². The largest absolute Gasteiger partial charge is 0.417 e. The van der Waals surface area contributed by atoms with Crippen LogP contribution in [0.1, 0.15) is 27.7 Å². The summed E-state index contributed by atoms with van der Waals surface area (Å²) < 4.78 is 5.39. The molecule has 0 unspecified atom stereocenters. The standard InChI is InChI=1S/C16H13ClN4O2/c17-13-3-1-2-12(8-13)9-14-20-21-16(23-14)15(22)19-10-11-4-6-18-7-5-11/h1-8H,9-10H2,(H,19,22). The number of rotatable bonds is 5. The highest BCUT2D eigenvalue weighted by Crippen LogP contribution is 2.14. The van der Waals surface area contributed by atoms with E-state index in [0.717, 1.165) is 11.1 Å². The SMILES string of the molecule is O=C(NCc1ccncc1)c1nnc(Cc2cccc(Cl)c2)o1. The van der Waals surface area contributed by atoms with Crippen LogP contribution in [-0.2, 0) is 13.0 Å². The fraction of sp³-hybridized carbons (Fsp3) is 0.125. The van der Waals surface area contributed by atoms with E-state index in [-0.39, 0.29) is 5.89 Å². The molecular weight excluding hydrogens is 316 g/mol. The molecule has 3 aromatic rings. The molecule has 6 nitrogen and oxygen atoms in total. The van der Waals surface area contributed by atoms with Crippen molar-refractivity contribution in [1.82, 2.24) is 20.5 Å². The van der Waals surface area contributed by atoms with Gasteiger partial charge in [-0.2, -0.15) is 0 Å². The Hall–Kier alpha value is -2.73. The molecule has 0 aliphatic rings. The van der Waals surface area contributed by atoms with Crippen LogP contribution in [-0.4, -0.2) is 21.1 Å². The van der Waals surface area contributed by atoms with Gasteiger partial charge in [0.15, 0.2) is 0 Å². The maximum absolute atomic E-state index is 12.0. The third-order valence-corrected chi connectivity index (χ3v) is 3.34. The molecule has 7 heteroatoms. The number of carbonyl (C=O) groups is 1. The van der Waals surface area contributed by atoms with Crippen LogP contribution in [0.25, 0.3) is 0 Å². The Kier molecular flexibility index (Phi) is 4.63. The number of carbonyl (C=O) groups excluding carboxylic acids is 1. The molecule has 0 bridgehead atoms. The van der Waals surface area contributed by atoms with Crippen molar-refractivity contribution in [2.75, 3.05) is 0 Å². The van der Waals surface area contributed by atoms with E-state index >= 15 is 0 Å². The third-order valence-electron chi connectivity index (χ3n) is 3.11. The molecule has 0 fully saturated rings. The second-order valence-electron chi connectivity index (χ2n) is 4.85. The Morgan fingerprint density at radius 3 is 2.74 bits per heavy atom. The lowest BCUT2D eigenvalue weighted by molar-refractivity contribution is 0.0914. The van der Waals surface area contributed by atoms with Crippen LogP contribution >= 0.6 is 11.6 Å². The summed E-state index contributed by atoms with van der Waals surface area (Å²) in [6, 6.07) is 11.0. The quantitative estimate of drug-likeness (QED) is 0.778. The molecule has 2 aromatic heterocycles. The number of nitrogens with zero attached hydrogens (tertiary/aromatic N) is 3. The van der Waals surface area contributed by atoms with E-state index in [9.17, 15) is 4.79 Å². The number of pyridine rings is 1. The van der Waals surface area contributed by atoms with E-state index in [4.69, 9.17) is 16.0 Å². The summed E-state index contributed by atoms with van der Waals surface area (Å²) in [7, 11) is 0. The summed E-state index contributed by atoms with van der Waals surface area (Å²) in [4.78, 5) is 15.9. The van der Waals surface area contributed by atoms with Crippen molar-refractivity contribution in [1.29, 1.82) is 0 Å². The Bertz CT molecular complexity index is 805. The predicted octanol–water partition coefficient (Wildman–Crippen LogP) is 2.64. The summed E-state index contributed by atoms with van der Waals surface area (Å²) in [5, 5.41) is 11.0. The lowest BCUT2D eigenvalue weighted by atomic mass is 10.1. The first-order valence-electron chi connectivity index (χ1n) is 6.94. The minimum atomic E-state index is -0.411. The molecule has 0 radical (unpaired) electrons. The fourth-order valence-electron chi connectivity index (χ4n) is 2.00. The van der Waals surface area contributed by atoms with E-state index in [1.165, 1.54) is 0 Å². The van der Waals surface area contributed by atoms with Crippen molar-refractivity contribution >= 4 is 17.5 Å². The van der Waals surface area contributed by atoms with Gasteiger partial charge in [0.1, 0.15) is 0 Å². The first-order chi connectivity index (χ1) is 11.2. The number of aromatic nitrogens is 3. The average Bonchev–Trinajstić information content (AvgIpc) is 3.02. The summed E-state index contributed by atoms with van der Waals surface area (Å²) >= 11 is 5.93. The first kappa shape index (κ1) is 15.2. The number of nitrogens with one attached hydrogen (secondary N) is 1. The van der Waals surface area contributed by atoms with Gasteiger partial charge >= 0.3 is 11.8 Å². The zero-order valence-corrected chi connectivity index (χ0v) is 12.8. The summed E-state index contributed by atoms with van der Waals surface area (Å²) in [5.41, 5.74) is 1.87. The van der Waals surface area contributed by atoms with Crippen LogP contribution in [0.2, 0.25) is 5.02 Å². The Balaban J connectivity index is 1.61. The highest BCUT2D eigenvalue weighted by molar-refractivity contribution is 6.30. The molecule has 1 amide bonds. The van der Waals surface area contributed by atoms with Crippen molar-refractivity contribution in [3.05, 3.63) is 76.7 Å². The van der Waals surface area contributed by atoms with Gasteiger partial charge in [0.05, 0.1) is 6.42 Å². The van der Waals surface area contributed by atoms with Gasteiger partial charge in [-0.05, 0) is 35.4 Å². The predicted molar refractivity (Wildman–Crippen MR) is 84.0 cm³/mol. The van der Waals surface area contributed by atoms with E-state index in [2.05, 4.69) is 20.5 Å². The van der Waals surface area contributed by atoms with Gasteiger partial charge in [0, 0.05) is 24.0 Å². The zero-order valence-electron chi connectivity index (χ0n) is 12.1. The normalized spacial score (nSPS) is 10.5. The summed E-state index contributed by atoms with van der Waals surface area (Å²) in [5.74, 6) is -0.107. The second-order valence-corrected chi connectivity index (χ2v) is 5.28. The van der Waals surface area contributed by atoms with Crippen molar-refractivity contribution in [2.45, 2.75) is 13.0 Å². The Labute approximate surface area is 137 Å². The van der Waals surface area contributed by atoms with Gasteiger partial charge in [0.25, 0.3) is 0 Å². The zero-order chi connectivity index (χ0) is 16.1. The lowest BCUT2D eigenvalue weighted by Gasteiger charge is -2.01. The van der Waals surface area contributed by atoms with E-state index in [0.29, 0.717) is 23.9 Å². The molecule has 116 valence electrons. The van der Waals surface area contributed by atoms with E-state index < -0.39 is 5.91 Å². The number of benzene rings is 1. The van der Waals surface area contributed by atoms with Crippen LogP contribution in [0.4, 0.5) is 0 Å². The van der Waals surface area contributed by atoms with Crippen LogP contribution in [0, 0.1) is 0 Å². The second kappa shape index (κ2) is 7.02. The summed E-state index contributed by atoms with van der Waals surface area (Å²) in [6.07, 6.45) is 3.75. The maximum Gasteiger partial charge on any atom is 0.309 e. The molecule has 2 heterocycles. The van der Waals surface area contributed by atoms with Crippen LogP contribution < -0.4 is 5.32 Å². The van der Waals surface area contributed by atoms with Crippen LogP contribution in [0.15, 0.2) is 53.2 Å². The highest BCUT2D eigenvalue weighted by atomic mass is 35.5. The number of hydrogen-bond donors (Lipinski definition) is 1. The van der Waals surface area contributed by atoms with Gasteiger partial charge in [0.2, 0.25) is 5.89 Å².